The van der Waals surface area contributed by atoms with Gasteiger partial charge < -0.3 is 19.5 Å². The first kappa shape index (κ1) is 26.8. The number of fused-ring (bicyclic) bond motifs is 2. The van der Waals surface area contributed by atoms with Crippen LogP contribution in [0.3, 0.4) is 0 Å². The lowest BCUT2D eigenvalue weighted by Gasteiger charge is -2.28. The third-order valence-corrected chi connectivity index (χ3v) is 7.01. The Balaban J connectivity index is 0.00000342. The molecule has 4 rings (SSSR count). The van der Waals surface area contributed by atoms with Crippen molar-refractivity contribution in [3.63, 3.8) is 0 Å². The van der Waals surface area contributed by atoms with E-state index in [2.05, 4.69) is 61.3 Å². The molecule has 0 aliphatic carbocycles. The molecular weight excluding hydrogens is 464 g/mol. The van der Waals surface area contributed by atoms with Crippen molar-refractivity contribution in [3.8, 4) is 11.5 Å². The van der Waals surface area contributed by atoms with E-state index in [0.29, 0.717) is 36.6 Å². The van der Waals surface area contributed by atoms with E-state index in [-0.39, 0.29) is 24.4 Å². The van der Waals surface area contributed by atoms with E-state index in [1.807, 2.05) is 6.07 Å². The lowest BCUT2D eigenvalue weighted by Crippen LogP contribution is -2.37. The van der Waals surface area contributed by atoms with E-state index < -0.39 is 6.10 Å². The molecule has 7 heteroatoms. The number of rotatable bonds is 8. The number of carbonyl (C=O) groups is 1. The summed E-state index contributed by atoms with van der Waals surface area (Å²) in [4.78, 5) is 17.1. The number of carbonyl (C=O) groups excluding carboxylic acids is 1. The smallest absolute Gasteiger partial charge is 0.256 e. The van der Waals surface area contributed by atoms with Crippen LogP contribution in [0, 0.1) is 0 Å². The molecule has 1 N–H and O–H groups in total. The van der Waals surface area contributed by atoms with Gasteiger partial charge in [-0.2, -0.15) is 0 Å². The van der Waals surface area contributed by atoms with E-state index in [1.54, 1.807) is 25.2 Å². The molecule has 0 saturated carbocycles. The predicted molar refractivity (Wildman–Crippen MR) is 142 cm³/mol. The van der Waals surface area contributed by atoms with Gasteiger partial charge in [0.25, 0.3) is 5.91 Å². The zero-order chi connectivity index (χ0) is 24.2. The molecule has 0 saturated heterocycles. The fraction of sp³-hybridized carbons (Fsp3) is 0.393. The van der Waals surface area contributed by atoms with Crippen molar-refractivity contribution in [1.82, 2.24) is 9.80 Å². The third-order valence-electron chi connectivity index (χ3n) is 7.01. The molecule has 2 atom stereocenters. The summed E-state index contributed by atoms with van der Waals surface area (Å²) >= 11 is 0. The number of methoxy groups -OCH3 is 2. The van der Waals surface area contributed by atoms with Gasteiger partial charge in [-0.05, 0) is 66.4 Å². The number of benzene rings is 3. The zero-order valence-electron chi connectivity index (χ0n) is 20.9. The highest BCUT2D eigenvalue weighted by molar-refractivity contribution is 5.86. The summed E-state index contributed by atoms with van der Waals surface area (Å²) in [7, 11) is 5.27. The molecule has 188 valence electrons. The van der Waals surface area contributed by atoms with Gasteiger partial charge in [0.1, 0.15) is 0 Å². The zero-order valence-corrected chi connectivity index (χ0v) is 21.7. The molecule has 0 fully saturated rings. The van der Waals surface area contributed by atoms with Gasteiger partial charge in [-0.15, -0.1) is 12.4 Å². The second-order valence-electron chi connectivity index (χ2n) is 8.96. The number of aliphatic hydroxyl groups is 1. The van der Waals surface area contributed by atoms with Crippen molar-refractivity contribution >= 4 is 29.1 Å². The molecule has 0 aromatic heterocycles. The van der Waals surface area contributed by atoms with E-state index in [9.17, 15) is 9.90 Å². The first-order chi connectivity index (χ1) is 16.4. The minimum atomic E-state index is -1.19. The number of halogens is 1. The molecular formula is C28H35ClN2O4. The van der Waals surface area contributed by atoms with Gasteiger partial charge in [0.05, 0.1) is 14.2 Å². The van der Waals surface area contributed by atoms with Crippen molar-refractivity contribution in [2.45, 2.75) is 31.9 Å². The van der Waals surface area contributed by atoms with Gasteiger partial charge in [0.15, 0.2) is 17.6 Å². The maximum atomic E-state index is 13.0. The first-order valence-electron chi connectivity index (χ1n) is 11.8. The van der Waals surface area contributed by atoms with Crippen LogP contribution in [-0.4, -0.2) is 61.7 Å². The minimum Gasteiger partial charge on any atom is -0.493 e. The Hall–Kier alpha value is -2.80. The summed E-state index contributed by atoms with van der Waals surface area (Å²) in [6.07, 6.45) is 0.304. The van der Waals surface area contributed by atoms with Crippen LogP contribution in [0.25, 0.3) is 10.8 Å². The maximum Gasteiger partial charge on any atom is 0.256 e. The van der Waals surface area contributed by atoms with Crippen LogP contribution < -0.4 is 9.47 Å². The Bertz CT molecular complexity index is 1160. The fourth-order valence-electron chi connectivity index (χ4n) is 4.86. The Labute approximate surface area is 213 Å². The highest BCUT2D eigenvalue weighted by atomic mass is 35.5. The molecule has 6 nitrogen and oxygen atoms in total. The number of ether oxygens (including phenoxy) is 2. The van der Waals surface area contributed by atoms with Gasteiger partial charge in [-0.1, -0.05) is 42.5 Å². The second-order valence-corrected chi connectivity index (χ2v) is 8.96. The highest BCUT2D eigenvalue weighted by Gasteiger charge is 2.30. The average molecular weight is 499 g/mol. The van der Waals surface area contributed by atoms with Crippen molar-refractivity contribution in [2.75, 3.05) is 40.9 Å². The SMILES string of the molecule is COc1cc2c(cc1OC)C(O)C(=O)N(CCCN(C)C(C)c1cccc3ccccc13)CC2.Cl. The highest BCUT2D eigenvalue weighted by Crippen LogP contribution is 2.35. The molecule has 0 bridgehead atoms. The quantitative estimate of drug-likeness (QED) is 0.484. The molecule has 3 aromatic rings. The number of hydrogen-bond acceptors (Lipinski definition) is 5. The van der Waals surface area contributed by atoms with Crippen LogP contribution >= 0.6 is 12.4 Å². The molecule has 35 heavy (non-hydrogen) atoms. The number of amides is 1. The Morgan fingerprint density at radius 2 is 1.77 bits per heavy atom. The normalized spacial score (nSPS) is 16.5. The van der Waals surface area contributed by atoms with E-state index in [4.69, 9.17) is 9.47 Å². The predicted octanol–water partition coefficient (Wildman–Crippen LogP) is 4.78. The maximum absolute atomic E-state index is 13.0. The van der Waals surface area contributed by atoms with E-state index >= 15 is 0 Å². The van der Waals surface area contributed by atoms with Crippen LogP contribution in [-0.2, 0) is 11.2 Å². The molecule has 1 aliphatic heterocycles. The first-order valence-corrected chi connectivity index (χ1v) is 11.8. The largest absolute Gasteiger partial charge is 0.493 e. The molecule has 1 amide bonds. The van der Waals surface area contributed by atoms with E-state index in [1.165, 1.54) is 16.3 Å². The van der Waals surface area contributed by atoms with Crippen LogP contribution in [0.15, 0.2) is 54.6 Å². The van der Waals surface area contributed by atoms with Crippen molar-refractivity contribution in [1.29, 1.82) is 0 Å². The third kappa shape index (κ3) is 5.56. The lowest BCUT2D eigenvalue weighted by molar-refractivity contribution is -0.140. The summed E-state index contributed by atoms with van der Waals surface area (Å²) in [5.41, 5.74) is 2.83. The summed E-state index contributed by atoms with van der Waals surface area (Å²) < 4.78 is 10.8. The van der Waals surface area contributed by atoms with E-state index in [0.717, 1.165) is 18.5 Å². The van der Waals surface area contributed by atoms with Crippen molar-refractivity contribution < 1.29 is 19.4 Å². The van der Waals surface area contributed by atoms with Crippen LogP contribution in [0.5, 0.6) is 11.5 Å². The summed E-state index contributed by atoms with van der Waals surface area (Å²) in [5, 5.41) is 13.3. The van der Waals surface area contributed by atoms with Gasteiger partial charge in [-0.25, -0.2) is 0 Å². The Kier molecular flexibility index (Phi) is 9.00. The van der Waals surface area contributed by atoms with Gasteiger partial charge in [0.2, 0.25) is 0 Å². The van der Waals surface area contributed by atoms with Crippen molar-refractivity contribution in [2.24, 2.45) is 0 Å². The Morgan fingerprint density at radius 1 is 1.09 bits per heavy atom. The summed E-state index contributed by atoms with van der Waals surface area (Å²) in [5.74, 6) is 0.875. The number of aliphatic hydroxyl groups excluding tert-OH is 1. The van der Waals surface area contributed by atoms with Crippen LogP contribution in [0.2, 0.25) is 0 Å². The summed E-state index contributed by atoms with van der Waals surface area (Å²) in [6.45, 7) is 4.24. The van der Waals surface area contributed by atoms with Gasteiger partial charge in [-0.3, -0.25) is 9.69 Å². The lowest BCUT2D eigenvalue weighted by atomic mass is 9.99. The molecule has 2 unspecified atom stereocenters. The molecule has 0 radical (unpaired) electrons. The van der Waals surface area contributed by atoms with Gasteiger partial charge in [0, 0.05) is 25.7 Å². The number of nitrogens with zero attached hydrogens (tertiary/aromatic N) is 2. The molecule has 1 aliphatic rings. The van der Waals surface area contributed by atoms with Gasteiger partial charge >= 0.3 is 0 Å². The van der Waals surface area contributed by atoms with Crippen LogP contribution in [0.1, 0.15) is 42.2 Å². The fourth-order valence-corrected chi connectivity index (χ4v) is 4.86. The monoisotopic (exact) mass is 498 g/mol. The molecule has 1 heterocycles. The topological polar surface area (TPSA) is 62.2 Å². The molecule has 3 aromatic carbocycles. The Morgan fingerprint density at radius 3 is 2.51 bits per heavy atom. The molecule has 0 spiro atoms. The minimum absolute atomic E-state index is 0. The van der Waals surface area contributed by atoms with Crippen molar-refractivity contribution in [3.05, 3.63) is 71.3 Å². The summed E-state index contributed by atoms with van der Waals surface area (Å²) in [6, 6.07) is 18.8. The standard InChI is InChI=1S/C28H34N2O4.ClH/c1-19(22-12-7-10-20-9-5-6-11-23(20)22)29(2)14-8-15-30-16-13-21-17-25(33-3)26(34-4)18-24(21)27(31)28(30)32;/h5-7,9-12,17-19,27,31H,8,13-16H2,1-4H3;1H. The average Bonchev–Trinajstić information content (AvgIpc) is 2.98. The van der Waals surface area contributed by atoms with Crippen LogP contribution in [0.4, 0.5) is 0 Å². The number of hydrogen-bond donors (Lipinski definition) is 1. The second kappa shape index (κ2) is 11.8.